The fourth-order valence-corrected chi connectivity index (χ4v) is 3.88. The van der Waals surface area contributed by atoms with Crippen molar-refractivity contribution < 1.29 is 19.0 Å². The molecule has 0 bridgehead atoms. The number of rotatable bonds is 7. The molecule has 29 heavy (non-hydrogen) atoms. The molecule has 0 aliphatic carbocycles. The fourth-order valence-electron chi connectivity index (χ4n) is 3.88. The molecule has 1 aliphatic heterocycles. The van der Waals surface area contributed by atoms with Gasteiger partial charge in [-0.1, -0.05) is 18.2 Å². The van der Waals surface area contributed by atoms with E-state index in [9.17, 15) is 4.79 Å². The molecule has 1 atom stereocenters. The van der Waals surface area contributed by atoms with Crippen molar-refractivity contribution >= 4 is 5.91 Å². The molecule has 0 aromatic heterocycles. The third kappa shape index (κ3) is 4.48. The molecule has 1 heterocycles. The van der Waals surface area contributed by atoms with Gasteiger partial charge in [-0.3, -0.25) is 9.69 Å². The Labute approximate surface area is 173 Å². The summed E-state index contributed by atoms with van der Waals surface area (Å²) in [6, 6.07) is 12.0. The van der Waals surface area contributed by atoms with Gasteiger partial charge in [0.25, 0.3) is 0 Å². The van der Waals surface area contributed by atoms with Crippen LogP contribution in [0.1, 0.15) is 29.7 Å². The normalized spacial score (nSPS) is 16.1. The number of amides is 1. The van der Waals surface area contributed by atoms with Crippen molar-refractivity contribution in [3.05, 3.63) is 53.1 Å². The van der Waals surface area contributed by atoms with E-state index in [4.69, 9.17) is 14.2 Å². The maximum atomic E-state index is 12.9. The Bertz CT molecular complexity index is 868. The number of benzene rings is 2. The van der Waals surface area contributed by atoms with Crippen LogP contribution in [0.4, 0.5) is 0 Å². The summed E-state index contributed by atoms with van der Waals surface area (Å²) in [5, 5.41) is 0. The largest absolute Gasteiger partial charge is 0.496 e. The van der Waals surface area contributed by atoms with Crippen LogP contribution >= 0.6 is 0 Å². The summed E-state index contributed by atoms with van der Waals surface area (Å²) in [6.07, 6.45) is 0.879. The first-order chi connectivity index (χ1) is 14.0. The van der Waals surface area contributed by atoms with Gasteiger partial charge in [0.15, 0.2) is 11.5 Å². The summed E-state index contributed by atoms with van der Waals surface area (Å²) in [4.78, 5) is 16.9. The number of hydrogen-bond acceptors (Lipinski definition) is 5. The number of para-hydroxylation sites is 1. The van der Waals surface area contributed by atoms with Gasteiger partial charge >= 0.3 is 0 Å². The second-order valence-electron chi connectivity index (χ2n) is 7.36. The summed E-state index contributed by atoms with van der Waals surface area (Å²) >= 11 is 0. The van der Waals surface area contributed by atoms with E-state index in [0.29, 0.717) is 13.1 Å². The molecule has 0 N–H and O–H groups in total. The summed E-state index contributed by atoms with van der Waals surface area (Å²) in [6.45, 7) is 3.86. The Balaban J connectivity index is 1.70. The lowest BCUT2D eigenvalue weighted by atomic mass is 9.92. The van der Waals surface area contributed by atoms with Gasteiger partial charge in [0.2, 0.25) is 5.91 Å². The highest BCUT2D eigenvalue weighted by molar-refractivity contribution is 5.78. The third-order valence-corrected chi connectivity index (χ3v) is 5.68. The van der Waals surface area contributed by atoms with E-state index in [-0.39, 0.29) is 11.9 Å². The highest BCUT2D eigenvalue weighted by atomic mass is 16.5. The van der Waals surface area contributed by atoms with Crippen LogP contribution in [-0.2, 0) is 17.8 Å². The molecule has 156 valence electrons. The molecule has 0 saturated heterocycles. The van der Waals surface area contributed by atoms with Gasteiger partial charge in [0.05, 0.1) is 27.9 Å². The van der Waals surface area contributed by atoms with Crippen LogP contribution in [0.5, 0.6) is 17.2 Å². The summed E-state index contributed by atoms with van der Waals surface area (Å²) in [7, 11) is 6.78. The predicted octanol–water partition coefficient (Wildman–Crippen LogP) is 3.29. The van der Waals surface area contributed by atoms with Gasteiger partial charge in [0.1, 0.15) is 5.75 Å². The number of carbonyl (C=O) groups is 1. The van der Waals surface area contributed by atoms with Crippen molar-refractivity contribution in [3.63, 3.8) is 0 Å². The molecule has 2 aromatic rings. The van der Waals surface area contributed by atoms with Crippen LogP contribution in [0.2, 0.25) is 0 Å². The van der Waals surface area contributed by atoms with Gasteiger partial charge in [0, 0.05) is 31.7 Å². The molecule has 3 rings (SSSR count). The second-order valence-corrected chi connectivity index (χ2v) is 7.36. The van der Waals surface area contributed by atoms with E-state index in [1.807, 2.05) is 37.4 Å². The van der Waals surface area contributed by atoms with Crippen molar-refractivity contribution in [1.82, 2.24) is 9.80 Å². The van der Waals surface area contributed by atoms with Crippen LogP contribution in [0, 0.1) is 0 Å². The number of methoxy groups -OCH3 is 3. The molecule has 0 spiro atoms. The minimum absolute atomic E-state index is 0.0895. The van der Waals surface area contributed by atoms with E-state index < -0.39 is 0 Å². The lowest BCUT2D eigenvalue weighted by Crippen LogP contribution is -2.42. The SMILES string of the molecule is COc1ccccc1CN(C)C(=O)CN1CCc2cc(OC)c(OC)cc2[C@@H]1C. The van der Waals surface area contributed by atoms with E-state index in [2.05, 4.69) is 17.9 Å². The quantitative estimate of drug-likeness (QED) is 0.716. The van der Waals surface area contributed by atoms with Gasteiger partial charge < -0.3 is 19.1 Å². The van der Waals surface area contributed by atoms with E-state index in [1.165, 1.54) is 11.1 Å². The molecule has 0 radical (unpaired) electrons. The topological polar surface area (TPSA) is 51.2 Å². The minimum Gasteiger partial charge on any atom is -0.496 e. The first kappa shape index (κ1) is 21.0. The van der Waals surface area contributed by atoms with Crippen LogP contribution < -0.4 is 14.2 Å². The predicted molar refractivity (Wildman–Crippen MR) is 113 cm³/mol. The first-order valence-electron chi connectivity index (χ1n) is 9.83. The van der Waals surface area contributed by atoms with Crippen molar-refractivity contribution in [2.24, 2.45) is 0 Å². The smallest absolute Gasteiger partial charge is 0.236 e. The highest BCUT2D eigenvalue weighted by Gasteiger charge is 2.28. The van der Waals surface area contributed by atoms with Crippen molar-refractivity contribution in [1.29, 1.82) is 0 Å². The van der Waals surface area contributed by atoms with Crippen LogP contribution in [0.25, 0.3) is 0 Å². The molecule has 0 saturated carbocycles. The van der Waals surface area contributed by atoms with Crippen LogP contribution in [-0.4, -0.2) is 57.2 Å². The van der Waals surface area contributed by atoms with E-state index in [0.717, 1.165) is 35.8 Å². The van der Waals surface area contributed by atoms with Crippen molar-refractivity contribution in [2.75, 3.05) is 41.5 Å². The van der Waals surface area contributed by atoms with Gasteiger partial charge in [-0.25, -0.2) is 0 Å². The number of carbonyl (C=O) groups excluding carboxylic acids is 1. The Hall–Kier alpha value is -2.73. The summed E-state index contributed by atoms with van der Waals surface area (Å²) in [5.74, 6) is 2.36. The molecule has 0 unspecified atom stereocenters. The van der Waals surface area contributed by atoms with Crippen molar-refractivity contribution in [3.8, 4) is 17.2 Å². The fraction of sp³-hybridized carbons (Fsp3) is 0.435. The Kier molecular flexibility index (Phi) is 6.64. The first-order valence-corrected chi connectivity index (χ1v) is 9.83. The second kappa shape index (κ2) is 9.18. The molecule has 6 nitrogen and oxygen atoms in total. The molecular formula is C23H30N2O4. The third-order valence-electron chi connectivity index (χ3n) is 5.68. The Morgan fingerprint density at radius 1 is 1.07 bits per heavy atom. The molecule has 2 aromatic carbocycles. The lowest BCUT2D eigenvalue weighted by molar-refractivity contribution is -0.132. The zero-order valence-corrected chi connectivity index (χ0v) is 17.9. The van der Waals surface area contributed by atoms with Gasteiger partial charge in [-0.15, -0.1) is 0 Å². The maximum Gasteiger partial charge on any atom is 0.236 e. The summed E-state index contributed by atoms with van der Waals surface area (Å²) in [5.41, 5.74) is 3.44. The molecule has 6 heteroatoms. The average Bonchev–Trinajstić information content (AvgIpc) is 2.75. The Morgan fingerprint density at radius 3 is 2.41 bits per heavy atom. The number of hydrogen-bond donors (Lipinski definition) is 0. The minimum atomic E-state index is 0.0895. The van der Waals surface area contributed by atoms with Crippen molar-refractivity contribution in [2.45, 2.75) is 25.9 Å². The highest BCUT2D eigenvalue weighted by Crippen LogP contribution is 2.37. The van der Waals surface area contributed by atoms with E-state index >= 15 is 0 Å². The van der Waals surface area contributed by atoms with Crippen LogP contribution in [0.3, 0.4) is 0 Å². The van der Waals surface area contributed by atoms with Gasteiger partial charge in [-0.2, -0.15) is 0 Å². The number of likely N-dealkylation sites (N-methyl/N-ethyl adjacent to an activating group) is 1. The van der Waals surface area contributed by atoms with Gasteiger partial charge in [-0.05, 0) is 42.7 Å². The Morgan fingerprint density at radius 2 is 1.72 bits per heavy atom. The molecule has 0 fully saturated rings. The number of nitrogens with zero attached hydrogens (tertiary/aromatic N) is 2. The van der Waals surface area contributed by atoms with E-state index in [1.54, 1.807) is 26.2 Å². The molecular weight excluding hydrogens is 368 g/mol. The zero-order valence-electron chi connectivity index (χ0n) is 17.9. The maximum absolute atomic E-state index is 12.9. The monoisotopic (exact) mass is 398 g/mol. The standard InChI is InChI=1S/C23H30N2O4/c1-16-19-13-22(29-5)21(28-4)12-17(19)10-11-25(16)15-23(26)24(2)14-18-8-6-7-9-20(18)27-3/h6-9,12-13,16H,10-11,14-15H2,1-5H3/t16-/m0/s1. The van der Waals surface area contributed by atoms with Crippen LogP contribution in [0.15, 0.2) is 36.4 Å². The summed E-state index contributed by atoms with van der Waals surface area (Å²) < 4.78 is 16.3. The molecule has 1 amide bonds. The zero-order chi connectivity index (χ0) is 21.0. The number of ether oxygens (including phenoxy) is 3. The molecule has 1 aliphatic rings. The lowest BCUT2D eigenvalue weighted by Gasteiger charge is -2.36. The number of fused-ring (bicyclic) bond motifs is 1. The average molecular weight is 399 g/mol.